The molecule has 0 atom stereocenters. The standard InChI is InChI=1S/C13H25NO4.3ClH/c1-3-6-11(7-4-2)13(16)18-10-17-12(15)8-5-9-14;;;/h11H,3-10,14H2,1-2H3;3*1H. The van der Waals surface area contributed by atoms with E-state index in [1.807, 2.05) is 13.8 Å². The summed E-state index contributed by atoms with van der Waals surface area (Å²) >= 11 is 0. The third-order valence-corrected chi connectivity index (χ3v) is 2.61. The van der Waals surface area contributed by atoms with Gasteiger partial charge in [-0.2, -0.15) is 0 Å². The fourth-order valence-corrected chi connectivity index (χ4v) is 1.67. The van der Waals surface area contributed by atoms with Gasteiger partial charge in [0.15, 0.2) is 0 Å². The maximum Gasteiger partial charge on any atom is 0.311 e. The van der Waals surface area contributed by atoms with Gasteiger partial charge in [-0.3, -0.25) is 9.59 Å². The Morgan fingerprint density at radius 3 is 1.95 bits per heavy atom. The van der Waals surface area contributed by atoms with Crippen LogP contribution in [0.5, 0.6) is 0 Å². The van der Waals surface area contributed by atoms with Crippen molar-refractivity contribution in [3.8, 4) is 0 Å². The first-order chi connectivity index (χ1) is 8.65. The first kappa shape index (κ1) is 28.9. The molecule has 0 unspecified atom stereocenters. The zero-order valence-corrected chi connectivity index (χ0v) is 15.1. The van der Waals surface area contributed by atoms with E-state index in [2.05, 4.69) is 0 Å². The van der Waals surface area contributed by atoms with Crippen LogP contribution >= 0.6 is 37.2 Å². The predicted molar refractivity (Wildman–Crippen MR) is 90.4 cm³/mol. The molecule has 0 aromatic carbocycles. The molecule has 8 heteroatoms. The number of rotatable bonds is 10. The largest absolute Gasteiger partial charge is 0.428 e. The molecule has 0 amide bonds. The predicted octanol–water partition coefficient (Wildman–Crippen LogP) is 3.25. The molecule has 0 fully saturated rings. The van der Waals surface area contributed by atoms with Gasteiger partial charge in [0.05, 0.1) is 5.92 Å². The molecular weight excluding hydrogens is 341 g/mol. The van der Waals surface area contributed by atoms with Crippen LogP contribution in [0.15, 0.2) is 0 Å². The normalized spacial score (nSPS) is 8.95. The van der Waals surface area contributed by atoms with Gasteiger partial charge in [-0.25, -0.2) is 0 Å². The van der Waals surface area contributed by atoms with Gasteiger partial charge in [0.25, 0.3) is 0 Å². The Kier molecular flexibility index (Phi) is 27.2. The summed E-state index contributed by atoms with van der Waals surface area (Å²) in [6, 6.07) is 0. The third-order valence-electron chi connectivity index (χ3n) is 2.61. The third kappa shape index (κ3) is 16.0. The van der Waals surface area contributed by atoms with Crippen LogP contribution in [0.3, 0.4) is 0 Å². The van der Waals surface area contributed by atoms with Gasteiger partial charge in [0.1, 0.15) is 0 Å². The second kappa shape index (κ2) is 19.8. The lowest BCUT2D eigenvalue weighted by Crippen LogP contribution is -2.20. The minimum Gasteiger partial charge on any atom is -0.428 e. The van der Waals surface area contributed by atoms with Crippen molar-refractivity contribution in [2.24, 2.45) is 11.7 Å². The average molecular weight is 369 g/mol. The minimum atomic E-state index is -0.379. The second-order valence-corrected chi connectivity index (χ2v) is 4.26. The fourth-order valence-electron chi connectivity index (χ4n) is 1.67. The van der Waals surface area contributed by atoms with Gasteiger partial charge in [-0.05, 0) is 25.8 Å². The van der Waals surface area contributed by atoms with Crippen molar-refractivity contribution in [2.75, 3.05) is 13.3 Å². The highest BCUT2D eigenvalue weighted by atomic mass is 35.5. The molecule has 2 N–H and O–H groups in total. The number of ether oxygens (including phenoxy) is 2. The van der Waals surface area contributed by atoms with E-state index < -0.39 is 0 Å². The molecule has 0 radical (unpaired) electrons. The molecule has 0 heterocycles. The monoisotopic (exact) mass is 367 g/mol. The Morgan fingerprint density at radius 2 is 1.52 bits per heavy atom. The molecule has 0 aromatic heterocycles. The van der Waals surface area contributed by atoms with Crippen LogP contribution in [0.25, 0.3) is 0 Å². The SMILES string of the molecule is CCCC(CCC)C(=O)OCOC(=O)CCCN.Cl.Cl.Cl. The summed E-state index contributed by atoms with van der Waals surface area (Å²) in [5, 5.41) is 0. The van der Waals surface area contributed by atoms with Gasteiger partial charge in [-0.1, -0.05) is 26.7 Å². The molecule has 21 heavy (non-hydrogen) atoms. The number of halogens is 3. The first-order valence-corrected chi connectivity index (χ1v) is 6.68. The molecule has 0 rings (SSSR count). The summed E-state index contributed by atoms with van der Waals surface area (Å²) in [5.41, 5.74) is 5.27. The maximum absolute atomic E-state index is 11.7. The van der Waals surface area contributed by atoms with Crippen LogP contribution in [0.2, 0.25) is 0 Å². The summed E-state index contributed by atoms with van der Waals surface area (Å²) in [6.07, 6.45) is 4.36. The van der Waals surface area contributed by atoms with Crippen molar-refractivity contribution in [1.29, 1.82) is 0 Å². The van der Waals surface area contributed by atoms with Crippen molar-refractivity contribution >= 4 is 49.2 Å². The van der Waals surface area contributed by atoms with E-state index in [9.17, 15) is 9.59 Å². The highest BCUT2D eigenvalue weighted by Crippen LogP contribution is 2.15. The van der Waals surface area contributed by atoms with Gasteiger partial charge in [-0.15, -0.1) is 37.2 Å². The van der Waals surface area contributed by atoms with Crippen molar-refractivity contribution < 1.29 is 19.1 Å². The van der Waals surface area contributed by atoms with Gasteiger partial charge in [0, 0.05) is 6.42 Å². The van der Waals surface area contributed by atoms with Gasteiger partial charge < -0.3 is 15.2 Å². The number of hydrogen-bond donors (Lipinski definition) is 1. The molecule has 0 bridgehead atoms. The number of carbonyl (C=O) groups excluding carboxylic acids is 2. The molecule has 0 aliphatic carbocycles. The van der Waals surface area contributed by atoms with E-state index in [-0.39, 0.29) is 68.3 Å². The van der Waals surface area contributed by atoms with Crippen LogP contribution in [0.4, 0.5) is 0 Å². The highest BCUT2D eigenvalue weighted by molar-refractivity contribution is 5.86. The van der Waals surface area contributed by atoms with Crippen molar-refractivity contribution in [3.63, 3.8) is 0 Å². The van der Waals surface area contributed by atoms with Gasteiger partial charge in [0.2, 0.25) is 6.79 Å². The summed E-state index contributed by atoms with van der Waals surface area (Å²) in [7, 11) is 0. The number of esters is 2. The molecule has 0 aromatic rings. The summed E-state index contributed by atoms with van der Waals surface area (Å²) in [5.74, 6) is -0.733. The average Bonchev–Trinajstić information content (AvgIpc) is 2.36. The van der Waals surface area contributed by atoms with Crippen LogP contribution in [0, 0.1) is 5.92 Å². The first-order valence-electron chi connectivity index (χ1n) is 6.68. The molecule has 0 aliphatic heterocycles. The zero-order valence-electron chi connectivity index (χ0n) is 12.7. The maximum atomic E-state index is 11.7. The van der Waals surface area contributed by atoms with Crippen LogP contribution in [0.1, 0.15) is 52.4 Å². The molecule has 0 saturated carbocycles. The molecular formula is C13H28Cl3NO4. The van der Waals surface area contributed by atoms with E-state index in [1.165, 1.54) is 0 Å². The lowest BCUT2D eigenvalue weighted by molar-refractivity contribution is -0.170. The van der Waals surface area contributed by atoms with E-state index in [0.717, 1.165) is 25.7 Å². The Hall–Kier alpha value is -0.230. The fraction of sp³-hybridized carbons (Fsp3) is 0.846. The summed E-state index contributed by atoms with van der Waals surface area (Å²) < 4.78 is 9.73. The topological polar surface area (TPSA) is 78.6 Å². The highest BCUT2D eigenvalue weighted by Gasteiger charge is 2.18. The van der Waals surface area contributed by atoms with E-state index in [0.29, 0.717) is 13.0 Å². The Morgan fingerprint density at radius 1 is 1.00 bits per heavy atom. The minimum absolute atomic E-state index is 0. The van der Waals surface area contributed by atoms with Crippen molar-refractivity contribution in [2.45, 2.75) is 52.4 Å². The Labute approximate surface area is 145 Å². The van der Waals surface area contributed by atoms with E-state index >= 15 is 0 Å². The number of hydrogen-bond acceptors (Lipinski definition) is 5. The number of carbonyl (C=O) groups is 2. The lowest BCUT2D eigenvalue weighted by atomic mass is 9.99. The smallest absolute Gasteiger partial charge is 0.311 e. The summed E-state index contributed by atoms with van der Waals surface area (Å²) in [6.45, 7) is 4.22. The van der Waals surface area contributed by atoms with Crippen LogP contribution < -0.4 is 5.73 Å². The molecule has 0 spiro atoms. The van der Waals surface area contributed by atoms with Crippen molar-refractivity contribution in [3.05, 3.63) is 0 Å². The van der Waals surface area contributed by atoms with Gasteiger partial charge >= 0.3 is 11.9 Å². The quantitative estimate of drug-likeness (QED) is 0.473. The van der Waals surface area contributed by atoms with E-state index in [4.69, 9.17) is 15.2 Å². The lowest BCUT2D eigenvalue weighted by Gasteiger charge is -2.14. The Bertz CT molecular complexity index is 250. The molecule has 0 saturated heterocycles. The number of nitrogens with two attached hydrogens (primary N) is 1. The van der Waals surface area contributed by atoms with E-state index in [1.54, 1.807) is 0 Å². The van der Waals surface area contributed by atoms with Crippen molar-refractivity contribution in [1.82, 2.24) is 0 Å². The van der Waals surface area contributed by atoms with Crippen LogP contribution in [-0.4, -0.2) is 25.3 Å². The molecule has 0 aliphatic rings. The zero-order chi connectivity index (χ0) is 13.8. The Balaban J connectivity index is -0.000000482. The second-order valence-electron chi connectivity index (χ2n) is 4.26. The van der Waals surface area contributed by atoms with Crippen LogP contribution in [-0.2, 0) is 19.1 Å². The summed E-state index contributed by atoms with van der Waals surface area (Å²) in [4.78, 5) is 22.8. The molecule has 5 nitrogen and oxygen atoms in total. The molecule has 130 valence electrons.